The second-order valence-electron chi connectivity index (χ2n) is 6.81. The van der Waals surface area contributed by atoms with Crippen molar-refractivity contribution >= 4 is 0 Å². The zero-order valence-electron chi connectivity index (χ0n) is 13.5. The van der Waals surface area contributed by atoms with Gasteiger partial charge in [-0.3, -0.25) is 0 Å². The molecular formula is C16H33NO2. The lowest BCUT2D eigenvalue weighted by atomic mass is 9.67. The Hall–Kier alpha value is -0.120. The molecule has 3 heteroatoms. The van der Waals surface area contributed by atoms with Crippen LogP contribution < -0.4 is 0 Å². The summed E-state index contributed by atoms with van der Waals surface area (Å²) in [5, 5.41) is 10.3. The number of aliphatic hydroxyl groups is 1. The number of rotatable bonds is 7. The first kappa shape index (κ1) is 16.9. The van der Waals surface area contributed by atoms with Crippen molar-refractivity contribution in [1.29, 1.82) is 0 Å². The average molecular weight is 271 g/mol. The van der Waals surface area contributed by atoms with Gasteiger partial charge in [0.25, 0.3) is 0 Å². The third-order valence-electron chi connectivity index (χ3n) is 5.22. The zero-order chi connectivity index (χ0) is 14.5. The normalized spacial score (nSPS) is 28.9. The molecule has 3 nitrogen and oxygen atoms in total. The van der Waals surface area contributed by atoms with E-state index < -0.39 is 0 Å². The molecule has 1 N–H and O–H groups in total. The minimum absolute atomic E-state index is 0.156. The first-order valence-corrected chi connectivity index (χ1v) is 7.79. The van der Waals surface area contributed by atoms with Crippen LogP contribution >= 0.6 is 0 Å². The Bertz CT molecular complexity index is 255. The largest absolute Gasteiger partial charge is 0.391 e. The number of hydrogen-bond acceptors (Lipinski definition) is 3. The Morgan fingerprint density at radius 3 is 2.58 bits per heavy atom. The van der Waals surface area contributed by atoms with Crippen molar-refractivity contribution in [2.24, 2.45) is 11.3 Å². The second-order valence-corrected chi connectivity index (χ2v) is 6.81. The van der Waals surface area contributed by atoms with Gasteiger partial charge in [0.05, 0.1) is 6.10 Å². The van der Waals surface area contributed by atoms with Crippen LogP contribution in [0.3, 0.4) is 0 Å². The highest BCUT2D eigenvalue weighted by Gasteiger charge is 2.37. The van der Waals surface area contributed by atoms with E-state index in [-0.39, 0.29) is 6.10 Å². The van der Waals surface area contributed by atoms with Crippen LogP contribution in [0.15, 0.2) is 0 Å². The van der Waals surface area contributed by atoms with Gasteiger partial charge < -0.3 is 14.7 Å². The van der Waals surface area contributed by atoms with Gasteiger partial charge in [-0.2, -0.15) is 0 Å². The van der Waals surface area contributed by atoms with Crippen molar-refractivity contribution in [2.45, 2.75) is 65.0 Å². The van der Waals surface area contributed by atoms with Crippen LogP contribution in [0.2, 0.25) is 0 Å². The molecule has 0 radical (unpaired) electrons. The number of hydrogen-bond donors (Lipinski definition) is 1. The summed E-state index contributed by atoms with van der Waals surface area (Å²) in [7, 11) is 3.89. The van der Waals surface area contributed by atoms with Gasteiger partial charge in [0.2, 0.25) is 0 Å². The van der Waals surface area contributed by atoms with Gasteiger partial charge in [0.15, 0.2) is 0 Å². The number of aliphatic hydroxyl groups excluding tert-OH is 1. The Labute approximate surface area is 119 Å². The second kappa shape index (κ2) is 7.61. The van der Waals surface area contributed by atoms with Crippen molar-refractivity contribution in [3.05, 3.63) is 0 Å². The molecule has 1 fully saturated rings. The number of nitrogens with zero attached hydrogens (tertiary/aromatic N) is 1. The molecule has 0 saturated heterocycles. The Balaban J connectivity index is 2.55. The maximum absolute atomic E-state index is 10.3. The molecule has 0 aromatic heterocycles. The monoisotopic (exact) mass is 271 g/mol. The van der Waals surface area contributed by atoms with Crippen LogP contribution in [-0.2, 0) is 4.74 Å². The average Bonchev–Trinajstić information content (AvgIpc) is 2.39. The molecule has 0 amide bonds. The first-order valence-electron chi connectivity index (χ1n) is 7.79. The summed E-state index contributed by atoms with van der Waals surface area (Å²) in [5.41, 5.74) is 0.395. The Morgan fingerprint density at radius 2 is 2.00 bits per heavy atom. The molecule has 1 aliphatic rings. The molecule has 0 heterocycles. The highest BCUT2D eigenvalue weighted by atomic mass is 16.5. The van der Waals surface area contributed by atoms with E-state index in [0.29, 0.717) is 11.5 Å². The van der Waals surface area contributed by atoms with Crippen LogP contribution in [0.5, 0.6) is 0 Å². The molecule has 3 unspecified atom stereocenters. The van der Waals surface area contributed by atoms with E-state index in [1.165, 1.54) is 12.8 Å². The van der Waals surface area contributed by atoms with E-state index in [1.807, 2.05) is 0 Å². The molecule has 19 heavy (non-hydrogen) atoms. The van der Waals surface area contributed by atoms with Crippen LogP contribution in [0, 0.1) is 11.3 Å². The molecular weight excluding hydrogens is 238 g/mol. The van der Waals surface area contributed by atoms with Crippen molar-refractivity contribution < 1.29 is 9.84 Å². The first-order chi connectivity index (χ1) is 8.92. The van der Waals surface area contributed by atoms with E-state index in [9.17, 15) is 5.11 Å². The van der Waals surface area contributed by atoms with Crippen LogP contribution in [-0.4, -0.2) is 49.5 Å². The Kier molecular flexibility index (Phi) is 6.78. The molecule has 114 valence electrons. The van der Waals surface area contributed by atoms with Gasteiger partial charge in [0.1, 0.15) is 0 Å². The fourth-order valence-electron chi connectivity index (χ4n) is 3.23. The molecule has 0 spiro atoms. The maximum Gasteiger partial charge on any atom is 0.0695 e. The topological polar surface area (TPSA) is 32.7 Å². The highest BCUT2D eigenvalue weighted by molar-refractivity contribution is 4.90. The maximum atomic E-state index is 10.3. The summed E-state index contributed by atoms with van der Waals surface area (Å²) >= 11 is 0. The van der Waals surface area contributed by atoms with Crippen LogP contribution in [0.25, 0.3) is 0 Å². The summed E-state index contributed by atoms with van der Waals surface area (Å²) in [6.45, 7) is 8.84. The van der Waals surface area contributed by atoms with Gasteiger partial charge in [-0.15, -0.1) is 0 Å². The standard InChI is InChI=1S/C16H33NO2/c1-6-16(2,3)13-8-9-15(18)14(12-13)17(4)10-7-11-19-5/h13-15,18H,6-12H2,1-5H3. The molecule has 1 aliphatic carbocycles. The molecule has 0 bridgehead atoms. The number of ether oxygens (including phenoxy) is 1. The van der Waals surface area contributed by atoms with Crippen molar-refractivity contribution in [2.75, 3.05) is 27.3 Å². The number of methoxy groups -OCH3 is 1. The lowest BCUT2D eigenvalue weighted by molar-refractivity contribution is -0.0136. The lowest BCUT2D eigenvalue weighted by Gasteiger charge is -2.44. The zero-order valence-corrected chi connectivity index (χ0v) is 13.5. The SMILES string of the molecule is CCC(C)(C)C1CCC(O)C(N(C)CCCOC)C1. The third kappa shape index (κ3) is 4.73. The molecule has 0 aromatic carbocycles. The predicted molar refractivity (Wildman–Crippen MR) is 80.3 cm³/mol. The molecule has 3 atom stereocenters. The van der Waals surface area contributed by atoms with Crippen LogP contribution in [0.4, 0.5) is 0 Å². The van der Waals surface area contributed by atoms with E-state index >= 15 is 0 Å². The highest BCUT2D eigenvalue weighted by Crippen LogP contribution is 2.41. The smallest absolute Gasteiger partial charge is 0.0695 e. The van der Waals surface area contributed by atoms with Crippen molar-refractivity contribution in [3.63, 3.8) is 0 Å². The van der Waals surface area contributed by atoms with Crippen LogP contribution in [0.1, 0.15) is 52.9 Å². The minimum atomic E-state index is -0.156. The van der Waals surface area contributed by atoms with Gasteiger partial charge in [0, 0.05) is 26.3 Å². The quantitative estimate of drug-likeness (QED) is 0.723. The van der Waals surface area contributed by atoms with Crippen molar-refractivity contribution in [1.82, 2.24) is 4.90 Å². The van der Waals surface area contributed by atoms with Gasteiger partial charge in [-0.25, -0.2) is 0 Å². The molecule has 0 aliphatic heterocycles. The van der Waals surface area contributed by atoms with E-state index in [4.69, 9.17) is 4.74 Å². The van der Waals surface area contributed by atoms with E-state index in [1.54, 1.807) is 7.11 Å². The summed E-state index contributed by atoms with van der Waals surface area (Å²) < 4.78 is 5.11. The fourth-order valence-corrected chi connectivity index (χ4v) is 3.23. The lowest BCUT2D eigenvalue weighted by Crippen LogP contribution is -2.48. The Morgan fingerprint density at radius 1 is 1.32 bits per heavy atom. The predicted octanol–water partition coefficient (Wildman–Crippen LogP) is 2.92. The number of likely N-dealkylation sites (N-methyl/N-ethyl adjacent to an activating group) is 1. The summed E-state index contributed by atoms with van der Waals surface area (Å²) in [6, 6.07) is 0.321. The molecule has 1 saturated carbocycles. The summed E-state index contributed by atoms with van der Waals surface area (Å²) in [6.07, 6.45) is 5.35. The third-order valence-corrected chi connectivity index (χ3v) is 5.22. The van der Waals surface area contributed by atoms with Gasteiger partial charge in [-0.1, -0.05) is 27.2 Å². The summed E-state index contributed by atoms with van der Waals surface area (Å²) in [5.74, 6) is 0.732. The van der Waals surface area contributed by atoms with Crippen molar-refractivity contribution in [3.8, 4) is 0 Å². The summed E-state index contributed by atoms with van der Waals surface area (Å²) in [4.78, 5) is 2.33. The molecule has 0 aromatic rings. The van der Waals surface area contributed by atoms with E-state index in [2.05, 4.69) is 32.7 Å². The fraction of sp³-hybridized carbons (Fsp3) is 1.00. The van der Waals surface area contributed by atoms with E-state index in [0.717, 1.165) is 38.3 Å². The minimum Gasteiger partial charge on any atom is -0.391 e. The molecule has 1 rings (SSSR count). The van der Waals surface area contributed by atoms with Gasteiger partial charge >= 0.3 is 0 Å². The van der Waals surface area contributed by atoms with Gasteiger partial charge in [-0.05, 0) is 44.1 Å².